The van der Waals surface area contributed by atoms with Gasteiger partial charge in [-0.3, -0.25) is 0 Å². The van der Waals surface area contributed by atoms with Crippen LogP contribution in [0.5, 0.6) is 0 Å². The second kappa shape index (κ2) is 10.2. The molecule has 45 heavy (non-hydrogen) atoms. The van der Waals surface area contributed by atoms with Crippen molar-refractivity contribution in [2.75, 3.05) is 0 Å². The average molecular weight is 576 g/mol. The lowest BCUT2D eigenvalue weighted by Crippen LogP contribution is -2.00. The second-order valence-corrected chi connectivity index (χ2v) is 11.3. The Morgan fingerprint density at radius 1 is 0.356 bits per heavy atom. The number of nitrogens with zero attached hydrogens (tertiary/aromatic N) is 3. The minimum absolute atomic E-state index is 0.612. The van der Waals surface area contributed by atoms with E-state index in [-0.39, 0.29) is 0 Å². The van der Waals surface area contributed by atoms with Gasteiger partial charge >= 0.3 is 0 Å². The van der Waals surface area contributed by atoms with Gasteiger partial charge in [0.15, 0.2) is 17.5 Å². The van der Waals surface area contributed by atoms with Crippen molar-refractivity contribution in [2.45, 2.75) is 0 Å². The first-order valence-electron chi connectivity index (χ1n) is 15.0. The van der Waals surface area contributed by atoms with E-state index >= 15 is 0 Å². The number of hydrogen-bond donors (Lipinski definition) is 0. The van der Waals surface area contributed by atoms with Crippen LogP contribution in [0.2, 0.25) is 0 Å². The summed E-state index contributed by atoms with van der Waals surface area (Å²) in [6.07, 6.45) is 0. The fourth-order valence-corrected chi connectivity index (χ4v) is 6.29. The SMILES string of the molecule is c1ccc(-c2nc(-c3cc(-c4ccc5ccccc5c4)c4oc5ccccc5c4c3)nc(-c3cccc4ccccc34)n2)cc1. The zero-order valence-corrected chi connectivity index (χ0v) is 24.2. The summed E-state index contributed by atoms with van der Waals surface area (Å²) in [5.41, 5.74) is 6.58. The zero-order valence-electron chi connectivity index (χ0n) is 24.2. The van der Waals surface area contributed by atoms with Crippen molar-refractivity contribution in [2.24, 2.45) is 0 Å². The van der Waals surface area contributed by atoms with Gasteiger partial charge in [-0.05, 0) is 51.4 Å². The van der Waals surface area contributed by atoms with E-state index in [2.05, 4.69) is 109 Å². The number of hydrogen-bond acceptors (Lipinski definition) is 4. The highest BCUT2D eigenvalue weighted by Crippen LogP contribution is 2.40. The summed E-state index contributed by atoms with van der Waals surface area (Å²) in [5, 5.41) is 6.70. The highest BCUT2D eigenvalue weighted by atomic mass is 16.3. The molecule has 210 valence electrons. The van der Waals surface area contributed by atoms with E-state index in [0.29, 0.717) is 17.5 Å². The number of fused-ring (bicyclic) bond motifs is 5. The Hall–Kier alpha value is -6.13. The van der Waals surface area contributed by atoms with E-state index in [4.69, 9.17) is 19.4 Å². The van der Waals surface area contributed by atoms with Crippen molar-refractivity contribution in [1.29, 1.82) is 0 Å². The smallest absolute Gasteiger partial charge is 0.164 e. The molecule has 0 N–H and O–H groups in total. The van der Waals surface area contributed by atoms with Crippen molar-refractivity contribution >= 4 is 43.5 Å². The number of benzene rings is 7. The maximum atomic E-state index is 6.52. The summed E-state index contributed by atoms with van der Waals surface area (Å²) >= 11 is 0. The van der Waals surface area contributed by atoms with Crippen molar-refractivity contribution in [3.8, 4) is 45.3 Å². The first-order chi connectivity index (χ1) is 22.3. The molecule has 0 unspecified atom stereocenters. The van der Waals surface area contributed by atoms with E-state index in [1.165, 1.54) is 10.8 Å². The van der Waals surface area contributed by atoms with Crippen molar-refractivity contribution < 1.29 is 4.42 Å². The molecule has 0 aliphatic carbocycles. The van der Waals surface area contributed by atoms with Gasteiger partial charge in [0, 0.05) is 33.0 Å². The van der Waals surface area contributed by atoms with Crippen LogP contribution in [0, 0.1) is 0 Å². The van der Waals surface area contributed by atoms with Gasteiger partial charge < -0.3 is 4.42 Å². The minimum Gasteiger partial charge on any atom is -0.455 e. The van der Waals surface area contributed by atoms with Crippen LogP contribution in [0.4, 0.5) is 0 Å². The molecule has 0 bridgehead atoms. The van der Waals surface area contributed by atoms with Gasteiger partial charge in [0.25, 0.3) is 0 Å². The molecule has 0 aliphatic rings. The molecule has 0 fully saturated rings. The molecule has 0 radical (unpaired) electrons. The maximum Gasteiger partial charge on any atom is 0.164 e. The molecule has 2 aromatic heterocycles. The highest BCUT2D eigenvalue weighted by Gasteiger charge is 2.19. The third-order valence-electron chi connectivity index (χ3n) is 8.49. The quantitative estimate of drug-likeness (QED) is 0.209. The van der Waals surface area contributed by atoms with Crippen molar-refractivity contribution in [1.82, 2.24) is 15.0 Å². The molecule has 0 saturated carbocycles. The molecule has 0 atom stereocenters. The van der Waals surface area contributed by atoms with Crippen molar-refractivity contribution in [3.63, 3.8) is 0 Å². The molecule has 9 rings (SSSR count). The lowest BCUT2D eigenvalue weighted by atomic mass is 9.96. The number of aromatic nitrogens is 3. The third-order valence-corrected chi connectivity index (χ3v) is 8.49. The molecule has 9 aromatic rings. The number of para-hydroxylation sites is 1. The van der Waals surface area contributed by atoms with E-state index in [0.717, 1.165) is 60.5 Å². The van der Waals surface area contributed by atoms with Gasteiger partial charge in [-0.1, -0.05) is 127 Å². The van der Waals surface area contributed by atoms with Crippen LogP contribution in [0.3, 0.4) is 0 Å². The van der Waals surface area contributed by atoms with Gasteiger partial charge in [0.2, 0.25) is 0 Å². The zero-order chi connectivity index (χ0) is 29.7. The summed E-state index contributed by atoms with van der Waals surface area (Å²) in [6, 6.07) is 52.2. The lowest BCUT2D eigenvalue weighted by molar-refractivity contribution is 0.670. The molecule has 0 spiro atoms. The Morgan fingerprint density at radius 3 is 1.89 bits per heavy atom. The predicted molar refractivity (Wildman–Crippen MR) is 184 cm³/mol. The Morgan fingerprint density at radius 2 is 1.02 bits per heavy atom. The summed E-state index contributed by atoms with van der Waals surface area (Å²) in [7, 11) is 0. The molecule has 0 aliphatic heterocycles. The molecule has 4 nitrogen and oxygen atoms in total. The maximum absolute atomic E-state index is 6.52. The summed E-state index contributed by atoms with van der Waals surface area (Å²) < 4.78 is 6.52. The van der Waals surface area contributed by atoms with Crippen molar-refractivity contribution in [3.05, 3.63) is 152 Å². The summed E-state index contributed by atoms with van der Waals surface area (Å²) in [6.45, 7) is 0. The number of rotatable bonds is 4. The van der Waals surface area contributed by atoms with Gasteiger partial charge in [0.1, 0.15) is 11.2 Å². The van der Waals surface area contributed by atoms with Crippen LogP contribution >= 0.6 is 0 Å². The Balaban J connectivity index is 1.34. The van der Waals surface area contributed by atoms with E-state index in [1.54, 1.807) is 0 Å². The molecule has 0 saturated heterocycles. The fraction of sp³-hybridized carbons (Fsp3) is 0. The Kier molecular flexibility index (Phi) is 5.78. The lowest BCUT2D eigenvalue weighted by Gasteiger charge is -2.12. The number of furan rings is 1. The third kappa shape index (κ3) is 4.35. The van der Waals surface area contributed by atoms with Crippen LogP contribution in [-0.4, -0.2) is 15.0 Å². The van der Waals surface area contributed by atoms with Gasteiger partial charge in [0.05, 0.1) is 0 Å². The Labute approximate surface area is 259 Å². The molecule has 7 aromatic carbocycles. The fourth-order valence-electron chi connectivity index (χ4n) is 6.29. The van der Waals surface area contributed by atoms with E-state index in [9.17, 15) is 0 Å². The normalized spacial score (nSPS) is 11.6. The molecular weight excluding hydrogens is 550 g/mol. The molecule has 2 heterocycles. The first-order valence-corrected chi connectivity index (χ1v) is 15.0. The monoisotopic (exact) mass is 575 g/mol. The predicted octanol–water partition coefficient (Wildman–Crippen LogP) is 10.7. The molecule has 0 amide bonds. The molecular formula is C41H25N3O. The molecule has 4 heteroatoms. The van der Waals surface area contributed by atoms with Crippen LogP contribution in [-0.2, 0) is 0 Å². The topological polar surface area (TPSA) is 51.8 Å². The van der Waals surface area contributed by atoms with Crippen LogP contribution in [0.15, 0.2) is 156 Å². The van der Waals surface area contributed by atoms with Crippen LogP contribution < -0.4 is 0 Å². The Bertz CT molecular complexity index is 2540. The average Bonchev–Trinajstić information content (AvgIpc) is 3.50. The van der Waals surface area contributed by atoms with Crippen LogP contribution in [0.25, 0.3) is 88.8 Å². The van der Waals surface area contributed by atoms with Gasteiger partial charge in [-0.15, -0.1) is 0 Å². The summed E-state index contributed by atoms with van der Waals surface area (Å²) in [4.78, 5) is 15.3. The standard InChI is InChI=1S/C41H25N3O/c1-2-13-28(14-3-1)39-42-40(44-41(43-39)34-19-10-16-27-12-6-7-17-32(27)34)31-24-35(30-22-21-26-11-4-5-15-29(26)23-30)38-36(25-31)33-18-8-9-20-37(33)45-38/h1-25H. The second-order valence-electron chi connectivity index (χ2n) is 11.3. The van der Waals surface area contributed by atoms with Crippen LogP contribution in [0.1, 0.15) is 0 Å². The largest absolute Gasteiger partial charge is 0.455 e. The van der Waals surface area contributed by atoms with E-state index < -0.39 is 0 Å². The van der Waals surface area contributed by atoms with Gasteiger partial charge in [-0.2, -0.15) is 0 Å². The summed E-state index contributed by atoms with van der Waals surface area (Å²) in [5.74, 6) is 1.88. The first kappa shape index (κ1) is 25.4. The minimum atomic E-state index is 0.612. The van der Waals surface area contributed by atoms with E-state index in [1.807, 2.05) is 42.5 Å². The van der Waals surface area contributed by atoms with Gasteiger partial charge in [-0.25, -0.2) is 15.0 Å². The highest BCUT2D eigenvalue weighted by molar-refractivity contribution is 6.11.